The summed E-state index contributed by atoms with van der Waals surface area (Å²) in [5.74, 6) is -0.329. The van der Waals surface area contributed by atoms with Gasteiger partial charge in [0.05, 0.1) is 11.3 Å². The molecule has 1 spiro atoms. The first-order valence-corrected chi connectivity index (χ1v) is 7.17. The van der Waals surface area contributed by atoms with Crippen molar-refractivity contribution in [3.63, 3.8) is 0 Å². The maximum atomic E-state index is 13.2. The number of nitriles is 1. The van der Waals surface area contributed by atoms with Crippen molar-refractivity contribution >= 4 is 5.69 Å². The van der Waals surface area contributed by atoms with Gasteiger partial charge in [0.2, 0.25) is 0 Å². The monoisotopic (exact) mass is 258 g/mol. The molecule has 2 aliphatic rings. The maximum absolute atomic E-state index is 13.2. The van der Waals surface area contributed by atoms with E-state index in [1.807, 2.05) is 0 Å². The van der Waals surface area contributed by atoms with Crippen molar-refractivity contribution in [1.82, 2.24) is 0 Å². The molecule has 1 saturated carbocycles. The van der Waals surface area contributed by atoms with E-state index in [0.29, 0.717) is 11.0 Å². The third-order valence-corrected chi connectivity index (χ3v) is 4.64. The van der Waals surface area contributed by atoms with Gasteiger partial charge < -0.3 is 4.90 Å². The lowest BCUT2D eigenvalue weighted by molar-refractivity contribution is 0.180. The summed E-state index contributed by atoms with van der Waals surface area (Å²) in [7, 11) is 0. The van der Waals surface area contributed by atoms with Crippen LogP contribution in [0.1, 0.15) is 44.1 Å². The number of rotatable bonds is 1. The Balaban J connectivity index is 1.75. The van der Waals surface area contributed by atoms with Gasteiger partial charge in [-0.25, -0.2) is 4.39 Å². The molecular formula is C16H19FN2. The number of nitrogens with zero attached hydrogens (tertiary/aromatic N) is 2. The molecule has 1 aromatic rings. The van der Waals surface area contributed by atoms with Crippen molar-refractivity contribution in [3.05, 3.63) is 29.6 Å². The minimum Gasteiger partial charge on any atom is -0.369 e. The summed E-state index contributed by atoms with van der Waals surface area (Å²) in [4.78, 5) is 2.24. The van der Waals surface area contributed by atoms with Crippen LogP contribution >= 0.6 is 0 Å². The molecule has 19 heavy (non-hydrogen) atoms. The fourth-order valence-electron chi connectivity index (χ4n) is 3.60. The number of halogens is 1. The Labute approximate surface area is 113 Å². The molecule has 3 rings (SSSR count). The van der Waals surface area contributed by atoms with Gasteiger partial charge in [0.25, 0.3) is 0 Å². The molecule has 1 aromatic carbocycles. The van der Waals surface area contributed by atoms with Crippen molar-refractivity contribution in [3.8, 4) is 6.07 Å². The lowest BCUT2D eigenvalue weighted by Gasteiger charge is -2.52. The number of hydrogen-bond donors (Lipinski definition) is 0. The summed E-state index contributed by atoms with van der Waals surface area (Å²) in [5.41, 5.74) is 1.83. The minimum absolute atomic E-state index is 0.329. The first-order valence-electron chi connectivity index (χ1n) is 7.17. The molecule has 0 aromatic heterocycles. The Kier molecular flexibility index (Phi) is 3.18. The molecule has 2 nitrogen and oxygen atoms in total. The maximum Gasteiger partial charge on any atom is 0.124 e. The van der Waals surface area contributed by atoms with Crippen LogP contribution in [0, 0.1) is 22.6 Å². The molecule has 0 amide bonds. The number of benzene rings is 1. The second-order valence-corrected chi connectivity index (χ2v) is 6.04. The van der Waals surface area contributed by atoms with Gasteiger partial charge in [0.1, 0.15) is 11.9 Å². The molecule has 0 radical (unpaired) electrons. The van der Waals surface area contributed by atoms with E-state index in [-0.39, 0.29) is 5.82 Å². The van der Waals surface area contributed by atoms with E-state index in [1.165, 1.54) is 50.7 Å². The standard InChI is InChI=1S/C16H19FN2/c17-14-5-6-15(13(9-14)10-18)19-11-16(12-19)7-3-1-2-4-8-16/h5-6,9H,1-4,7-8,11-12H2. The molecule has 100 valence electrons. The number of hydrogen-bond acceptors (Lipinski definition) is 2. The zero-order valence-electron chi connectivity index (χ0n) is 11.2. The van der Waals surface area contributed by atoms with Crippen molar-refractivity contribution in [2.45, 2.75) is 38.5 Å². The average molecular weight is 258 g/mol. The van der Waals surface area contributed by atoms with Crippen molar-refractivity contribution in [2.24, 2.45) is 5.41 Å². The third kappa shape index (κ3) is 2.32. The number of anilines is 1. The molecule has 3 heteroatoms. The molecule has 1 saturated heterocycles. The first-order chi connectivity index (χ1) is 9.22. The smallest absolute Gasteiger partial charge is 0.124 e. The summed E-state index contributed by atoms with van der Waals surface area (Å²) in [5, 5.41) is 9.11. The van der Waals surface area contributed by atoms with Gasteiger partial charge in [0.15, 0.2) is 0 Å². The molecule has 1 aliphatic carbocycles. The van der Waals surface area contributed by atoms with Crippen LogP contribution in [-0.2, 0) is 0 Å². The quantitative estimate of drug-likeness (QED) is 0.765. The summed E-state index contributed by atoms with van der Waals surface area (Å²) >= 11 is 0. The molecular weight excluding hydrogens is 239 g/mol. The van der Waals surface area contributed by atoms with Crippen LogP contribution in [0.5, 0.6) is 0 Å². The molecule has 0 N–H and O–H groups in total. The van der Waals surface area contributed by atoms with Crippen LogP contribution < -0.4 is 4.90 Å². The lowest BCUT2D eigenvalue weighted by atomic mass is 9.73. The van der Waals surface area contributed by atoms with Crippen molar-refractivity contribution < 1.29 is 4.39 Å². The van der Waals surface area contributed by atoms with Gasteiger partial charge in [-0.1, -0.05) is 25.7 Å². The fourth-order valence-corrected chi connectivity index (χ4v) is 3.60. The zero-order valence-corrected chi connectivity index (χ0v) is 11.2. The van der Waals surface area contributed by atoms with Crippen molar-refractivity contribution in [2.75, 3.05) is 18.0 Å². The van der Waals surface area contributed by atoms with Crippen LogP contribution in [0.3, 0.4) is 0 Å². The van der Waals surface area contributed by atoms with Crippen LogP contribution in [0.2, 0.25) is 0 Å². The largest absolute Gasteiger partial charge is 0.369 e. The second kappa shape index (κ2) is 4.85. The predicted octanol–water partition coefficient (Wildman–Crippen LogP) is 3.86. The van der Waals surface area contributed by atoms with Gasteiger partial charge in [-0.3, -0.25) is 0 Å². The fraction of sp³-hybridized carbons (Fsp3) is 0.562. The molecule has 1 heterocycles. The van der Waals surface area contributed by atoms with Crippen LogP contribution in [0.25, 0.3) is 0 Å². The Morgan fingerprint density at radius 1 is 1.11 bits per heavy atom. The molecule has 1 aliphatic heterocycles. The van der Waals surface area contributed by atoms with Gasteiger partial charge in [-0.15, -0.1) is 0 Å². The highest BCUT2D eigenvalue weighted by molar-refractivity contribution is 5.61. The Morgan fingerprint density at radius 3 is 2.42 bits per heavy atom. The molecule has 2 fully saturated rings. The van der Waals surface area contributed by atoms with Crippen molar-refractivity contribution in [1.29, 1.82) is 5.26 Å². The van der Waals surface area contributed by atoms with Crippen LogP contribution in [0.4, 0.5) is 10.1 Å². The van der Waals surface area contributed by atoms with Crippen LogP contribution in [-0.4, -0.2) is 13.1 Å². The normalized spacial score (nSPS) is 21.6. The topological polar surface area (TPSA) is 27.0 Å². The second-order valence-electron chi connectivity index (χ2n) is 6.04. The Bertz CT molecular complexity index is 502. The van der Waals surface area contributed by atoms with Gasteiger partial charge >= 0.3 is 0 Å². The Hall–Kier alpha value is -1.56. The SMILES string of the molecule is N#Cc1cc(F)ccc1N1CC2(CCCCCC2)C1. The van der Waals surface area contributed by atoms with E-state index < -0.39 is 0 Å². The predicted molar refractivity (Wildman–Crippen MR) is 73.5 cm³/mol. The average Bonchev–Trinajstić information content (AvgIpc) is 2.63. The first kappa shape index (κ1) is 12.5. The van der Waals surface area contributed by atoms with Gasteiger partial charge in [-0.05, 0) is 31.0 Å². The van der Waals surface area contributed by atoms with E-state index >= 15 is 0 Å². The van der Waals surface area contributed by atoms with E-state index in [0.717, 1.165) is 18.8 Å². The third-order valence-electron chi connectivity index (χ3n) is 4.64. The Morgan fingerprint density at radius 2 is 1.79 bits per heavy atom. The zero-order chi connectivity index (χ0) is 13.3. The van der Waals surface area contributed by atoms with E-state index in [2.05, 4.69) is 11.0 Å². The molecule has 0 unspecified atom stereocenters. The molecule has 0 bridgehead atoms. The highest BCUT2D eigenvalue weighted by atomic mass is 19.1. The van der Waals surface area contributed by atoms with Gasteiger partial charge in [-0.2, -0.15) is 5.26 Å². The highest BCUT2D eigenvalue weighted by Gasteiger charge is 2.43. The lowest BCUT2D eigenvalue weighted by Crippen LogP contribution is -2.56. The minimum atomic E-state index is -0.329. The van der Waals surface area contributed by atoms with E-state index in [9.17, 15) is 4.39 Å². The summed E-state index contributed by atoms with van der Waals surface area (Å²) in [6, 6.07) is 6.65. The summed E-state index contributed by atoms with van der Waals surface area (Å²) < 4.78 is 13.2. The summed E-state index contributed by atoms with van der Waals surface area (Å²) in [6.45, 7) is 2.07. The van der Waals surface area contributed by atoms with E-state index in [1.54, 1.807) is 6.07 Å². The van der Waals surface area contributed by atoms with Gasteiger partial charge in [0, 0.05) is 18.5 Å². The molecule has 0 atom stereocenters. The summed E-state index contributed by atoms with van der Waals surface area (Å²) in [6.07, 6.45) is 8.02. The van der Waals surface area contributed by atoms with E-state index in [4.69, 9.17) is 5.26 Å². The van der Waals surface area contributed by atoms with Crippen LogP contribution in [0.15, 0.2) is 18.2 Å². The highest BCUT2D eigenvalue weighted by Crippen LogP contribution is 2.45.